The van der Waals surface area contributed by atoms with Gasteiger partial charge in [0.2, 0.25) is 5.91 Å². The fourth-order valence-corrected chi connectivity index (χ4v) is 3.75. The Hall–Kier alpha value is -2.22. The normalized spacial score (nSPS) is 20.2. The number of para-hydroxylation sites is 1. The predicted octanol–water partition coefficient (Wildman–Crippen LogP) is 2.93. The van der Waals surface area contributed by atoms with Crippen LogP contribution in [0.25, 0.3) is 0 Å². The fraction of sp³-hybridized carbons (Fsp3) is 0.263. The van der Waals surface area contributed by atoms with E-state index in [2.05, 4.69) is 20.9 Å². The van der Waals surface area contributed by atoms with E-state index < -0.39 is 6.29 Å². The lowest BCUT2D eigenvalue weighted by molar-refractivity contribution is -0.124. The Labute approximate surface area is 168 Å². The number of nitrogens with zero attached hydrogens (tertiary/aromatic N) is 1. The van der Waals surface area contributed by atoms with Gasteiger partial charge in [-0.05, 0) is 42.8 Å². The minimum absolute atomic E-state index is 0.000519. The molecule has 1 aliphatic heterocycles. The van der Waals surface area contributed by atoms with Gasteiger partial charge < -0.3 is 16.4 Å². The van der Waals surface area contributed by atoms with Gasteiger partial charge in [-0.3, -0.25) is 10.1 Å². The van der Waals surface area contributed by atoms with Crippen LogP contribution < -0.4 is 21.7 Å². The number of halogens is 1. The molecule has 3 rings (SSSR count). The highest BCUT2D eigenvalue weighted by Gasteiger charge is 2.25. The summed E-state index contributed by atoms with van der Waals surface area (Å²) in [4.78, 5) is 17.5. The molecule has 142 valence electrons. The first kappa shape index (κ1) is 19.5. The second-order valence-corrected chi connectivity index (χ2v) is 7.79. The number of hydrogen-bond acceptors (Lipinski definition) is 4. The summed E-state index contributed by atoms with van der Waals surface area (Å²) in [6.45, 7) is 1.99. The van der Waals surface area contributed by atoms with E-state index in [1.807, 2.05) is 55.5 Å². The van der Waals surface area contributed by atoms with Crippen LogP contribution in [0.15, 0.2) is 58.4 Å². The summed E-state index contributed by atoms with van der Waals surface area (Å²) in [6.07, 6.45) is -0.156. The van der Waals surface area contributed by atoms with Crippen molar-refractivity contribution in [2.75, 3.05) is 11.1 Å². The molecule has 0 spiro atoms. The lowest BCUT2D eigenvalue weighted by atomic mass is 10.2. The molecule has 0 aromatic heterocycles. The number of anilines is 1. The molecule has 0 radical (unpaired) electrons. The first-order valence-corrected chi connectivity index (χ1v) is 9.95. The number of aliphatic imine (C=N–C) groups is 1. The van der Waals surface area contributed by atoms with Gasteiger partial charge in [0.25, 0.3) is 0 Å². The van der Waals surface area contributed by atoms with Crippen LogP contribution in [0.1, 0.15) is 12.0 Å². The van der Waals surface area contributed by atoms with E-state index in [0.717, 1.165) is 21.9 Å². The number of nitrogens with two attached hydrogens (primary N) is 1. The number of benzene rings is 2. The molecular weight excluding hydrogens is 382 g/mol. The molecule has 5 N–H and O–H groups in total. The zero-order valence-corrected chi connectivity index (χ0v) is 16.5. The summed E-state index contributed by atoms with van der Waals surface area (Å²) in [6, 6.07) is 15.4. The number of guanidine groups is 1. The molecule has 8 heteroatoms. The first-order valence-electron chi connectivity index (χ1n) is 8.59. The zero-order valence-electron chi connectivity index (χ0n) is 14.9. The lowest BCUT2D eigenvalue weighted by Crippen LogP contribution is -2.57. The van der Waals surface area contributed by atoms with Crippen LogP contribution in [0.2, 0.25) is 5.02 Å². The molecule has 0 aliphatic carbocycles. The second kappa shape index (κ2) is 9.12. The molecule has 1 saturated heterocycles. The van der Waals surface area contributed by atoms with Crippen molar-refractivity contribution in [1.82, 2.24) is 10.6 Å². The van der Waals surface area contributed by atoms with Gasteiger partial charge in [0.15, 0.2) is 12.2 Å². The largest absolute Gasteiger partial charge is 0.370 e. The summed E-state index contributed by atoms with van der Waals surface area (Å²) >= 11 is 7.57. The molecule has 0 bridgehead atoms. The first-order chi connectivity index (χ1) is 13.0. The molecule has 2 aromatic rings. The third-order valence-electron chi connectivity index (χ3n) is 4.06. The predicted molar refractivity (Wildman–Crippen MR) is 112 cm³/mol. The molecule has 1 amide bonds. The van der Waals surface area contributed by atoms with Crippen LogP contribution in [0.3, 0.4) is 0 Å². The lowest BCUT2D eigenvalue weighted by Gasteiger charge is -2.29. The van der Waals surface area contributed by atoms with Crippen LogP contribution in [0, 0.1) is 6.92 Å². The van der Waals surface area contributed by atoms with E-state index >= 15 is 0 Å². The fourth-order valence-electron chi connectivity index (χ4n) is 2.69. The third kappa shape index (κ3) is 5.89. The van der Waals surface area contributed by atoms with E-state index in [-0.39, 0.29) is 17.9 Å². The molecular formula is C19H22ClN5OS. The van der Waals surface area contributed by atoms with Gasteiger partial charge in [0, 0.05) is 33.8 Å². The Morgan fingerprint density at radius 2 is 2.04 bits per heavy atom. The second-order valence-electron chi connectivity index (χ2n) is 6.26. The molecule has 1 fully saturated rings. The van der Waals surface area contributed by atoms with Gasteiger partial charge in [-0.25, -0.2) is 4.99 Å². The highest BCUT2D eigenvalue weighted by atomic mass is 35.5. The number of amides is 1. The highest BCUT2D eigenvalue weighted by molar-refractivity contribution is 7.99. The monoisotopic (exact) mass is 403 g/mol. The number of hydrogen-bond donors (Lipinski definition) is 4. The Bertz CT molecular complexity index is 827. The number of carbonyl (C=O) groups is 1. The molecule has 6 nitrogen and oxygen atoms in total. The molecule has 2 atom stereocenters. The van der Waals surface area contributed by atoms with Crippen molar-refractivity contribution in [1.29, 1.82) is 0 Å². The average Bonchev–Trinajstić information content (AvgIpc) is 2.63. The minimum Gasteiger partial charge on any atom is -0.370 e. The van der Waals surface area contributed by atoms with Gasteiger partial charge in [-0.15, -0.1) is 11.8 Å². The Morgan fingerprint density at radius 3 is 2.78 bits per heavy atom. The van der Waals surface area contributed by atoms with Gasteiger partial charge in [-0.2, -0.15) is 0 Å². The SMILES string of the molecule is Cc1ccccc1N/C(N)=N/C1NC(=O)CC(CSc2ccc(Cl)cc2)N1. The molecule has 1 aliphatic rings. The third-order valence-corrected chi connectivity index (χ3v) is 5.49. The maximum Gasteiger partial charge on any atom is 0.224 e. The van der Waals surface area contributed by atoms with E-state index in [0.29, 0.717) is 11.4 Å². The van der Waals surface area contributed by atoms with Crippen LogP contribution in [0.5, 0.6) is 0 Å². The van der Waals surface area contributed by atoms with E-state index in [9.17, 15) is 4.79 Å². The van der Waals surface area contributed by atoms with Crippen LogP contribution >= 0.6 is 23.4 Å². The zero-order chi connectivity index (χ0) is 19.2. The van der Waals surface area contributed by atoms with Gasteiger partial charge in [0.1, 0.15) is 0 Å². The maximum absolute atomic E-state index is 12.0. The number of aryl methyl sites for hydroxylation is 1. The number of carbonyl (C=O) groups excluding carboxylic acids is 1. The van der Waals surface area contributed by atoms with Gasteiger partial charge >= 0.3 is 0 Å². The Kier molecular flexibility index (Phi) is 6.60. The summed E-state index contributed by atoms with van der Waals surface area (Å²) in [5.74, 6) is 0.938. The number of rotatable bonds is 5. The summed E-state index contributed by atoms with van der Waals surface area (Å²) < 4.78 is 0. The molecule has 2 aromatic carbocycles. The maximum atomic E-state index is 12.0. The van der Waals surface area contributed by atoms with Crippen molar-refractivity contribution >= 4 is 40.9 Å². The van der Waals surface area contributed by atoms with Crippen molar-refractivity contribution in [3.05, 3.63) is 59.1 Å². The molecule has 0 saturated carbocycles. The van der Waals surface area contributed by atoms with Crippen molar-refractivity contribution in [2.24, 2.45) is 10.7 Å². The van der Waals surface area contributed by atoms with Gasteiger partial charge in [0.05, 0.1) is 0 Å². The van der Waals surface area contributed by atoms with E-state index in [1.54, 1.807) is 11.8 Å². The van der Waals surface area contributed by atoms with E-state index in [1.165, 1.54) is 0 Å². The van der Waals surface area contributed by atoms with Crippen molar-refractivity contribution in [3.8, 4) is 0 Å². The number of thioether (sulfide) groups is 1. The Morgan fingerprint density at radius 1 is 1.30 bits per heavy atom. The average molecular weight is 404 g/mol. The quantitative estimate of drug-likeness (QED) is 0.350. The van der Waals surface area contributed by atoms with Crippen LogP contribution in [-0.2, 0) is 4.79 Å². The van der Waals surface area contributed by atoms with Crippen molar-refractivity contribution < 1.29 is 4.79 Å². The number of nitrogens with one attached hydrogen (secondary N) is 3. The van der Waals surface area contributed by atoms with Crippen molar-refractivity contribution in [2.45, 2.75) is 30.6 Å². The minimum atomic E-state index is -0.557. The van der Waals surface area contributed by atoms with E-state index in [4.69, 9.17) is 17.3 Å². The molecule has 1 heterocycles. The molecule has 2 unspecified atom stereocenters. The highest BCUT2D eigenvalue weighted by Crippen LogP contribution is 2.22. The summed E-state index contributed by atoms with van der Waals surface area (Å²) in [7, 11) is 0. The standard InChI is InChI=1S/C19H22ClN5OS/c1-12-4-2-3-5-16(12)23-18(21)25-19-22-14(10-17(26)24-19)11-27-15-8-6-13(20)7-9-15/h2-9,14,19,22H,10-11H2,1H3,(H,24,26)(H3,21,23,25). The Balaban J connectivity index is 1.58. The van der Waals surface area contributed by atoms with Crippen molar-refractivity contribution in [3.63, 3.8) is 0 Å². The molecule has 27 heavy (non-hydrogen) atoms. The summed E-state index contributed by atoms with van der Waals surface area (Å²) in [5, 5.41) is 9.89. The smallest absolute Gasteiger partial charge is 0.224 e. The van der Waals surface area contributed by atoms with Crippen LogP contribution in [0.4, 0.5) is 5.69 Å². The summed E-state index contributed by atoms with van der Waals surface area (Å²) in [5.41, 5.74) is 7.95. The van der Waals surface area contributed by atoms with Gasteiger partial charge in [-0.1, -0.05) is 29.8 Å². The topological polar surface area (TPSA) is 91.5 Å². The van der Waals surface area contributed by atoms with Crippen LogP contribution in [-0.4, -0.2) is 30.0 Å².